The lowest BCUT2D eigenvalue weighted by Crippen LogP contribution is -2.58. The van der Waals surface area contributed by atoms with Crippen molar-refractivity contribution in [2.45, 2.75) is 18.4 Å². The van der Waals surface area contributed by atoms with Crippen molar-refractivity contribution in [2.24, 2.45) is 5.41 Å². The molecule has 4 nitrogen and oxygen atoms in total. The lowest BCUT2D eigenvalue weighted by Gasteiger charge is -2.43. The Labute approximate surface area is 130 Å². The van der Waals surface area contributed by atoms with Gasteiger partial charge >= 0.3 is 0 Å². The molecule has 116 valence electrons. The molecule has 0 aromatic heterocycles. The summed E-state index contributed by atoms with van der Waals surface area (Å²) < 4.78 is 10.9. The van der Waals surface area contributed by atoms with E-state index >= 15 is 0 Å². The highest BCUT2D eigenvalue weighted by molar-refractivity contribution is 6.30. The van der Waals surface area contributed by atoms with E-state index in [0.717, 1.165) is 31.0 Å². The first-order valence-corrected chi connectivity index (χ1v) is 7.79. The van der Waals surface area contributed by atoms with E-state index in [1.807, 2.05) is 12.1 Å². The number of hydrogen-bond acceptors (Lipinski definition) is 4. The number of ether oxygens (including phenoxy) is 2. The van der Waals surface area contributed by atoms with Gasteiger partial charge in [-0.2, -0.15) is 0 Å². The third kappa shape index (κ3) is 3.41. The molecule has 0 saturated carbocycles. The third-order valence-corrected chi connectivity index (χ3v) is 4.80. The molecule has 1 atom stereocenters. The SMILES string of the molecule is OCC1(CNC2(Cc3ccc(Cl)cc3)CCOC2)COC1. The fourth-order valence-corrected chi connectivity index (χ4v) is 3.08. The molecule has 2 aliphatic heterocycles. The molecule has 0 spiro atoms. The highest BCUT2D eigenvalue weighted by atomic mass is 35.5. The van der Waals surface area contributed by atoms with E-state index in [1.54, 1.807) is 0 Å². The van der Waals surface area contributed by atoms with Gasteiger partial charge in [0.05, 0.1) is 31.8 Å². The number of aliphatic hydroxyl groups is 1. The Morgan fingerprint density at radius 2 is 1.90 bits per heavy atom. The van der Waals surface area contributed by atoms with Crippen LogP contribution in [0.2, 0.25) is 5.02 Å². The van der Waals surface area contributed by atoms with Crippen LogP contribution in [0.1, 0.15) is 12.0 Å². The van der Waals surface area contributed by atoms with Crippen molar-refractivity contribution in [1.82, 2.24) is 5.32 Å². The van der Waals surface area contributed by atoms with Crippen LogP contribution in [-0.2, 0) is 15.9 Å². The van der Waals surface area contributed by atoms with Gasteiger partial charge < -0.3 is 19.9 Å². The zero-order chi connectivity index (χ0) is 14.8. The number of rotatable bonds is 6. The molecule has 0 radical (unpaired) electrons. The first-order chi connectivity index (χ1) is 10.2. The van der Waals surface area contributed by atoms with Crippen molar-refractivity contribution >= 4 is 11.6 Å². The van der Waals surface area contributed by atoms with Crippen molar-refractivity contribution in [3.05, 3.63) is 34.9 Å². The summed E-state index contributed by atoms with van der Waals surface area (Å²) in [5.74, 6) is 0. The number of hydrogen-bond donors (Lipinski definition) is 2. The summed E-state index contributed by atoms with van der Waals surface area (Å²) in [5, 5.41) is 14.0. The summed E-state index contributed by atoms with van der Waals surface area (Å²) in [6, 6.07) is 7.99. The average molecular weight is 312 g/mol. The fourth-order valence-electron chi connectivity index (χ4n) is 2.96. The van der Waals surface area contributed by atoms with Gasteiger partial charge in [-0.1, -0.05) is 23.7 Å². The predicted octanol–water partition coefficient (Wildman–Crippen LogP) is 1.64. The molecular formula is C16H22ClNO3. The van der Waals surface area contributed by atoms with Crippen LogP contribution in [0.3, 0.4) is 0 Å². The monoisotopic (exact) mass is 311 g/mol. The van der Waals surface area contributed by atoms with Crippen LogP contribution in [0.5, 0.6) is 0 Å². The standard InChI is InChI=1S/C16H22ClNO3/c17-14-3-1-13(2-4-14)7-16(5-6-20-12-16)18-8-15(9-19)10-21-11-15/h1-4,18-19H,5-12H2. The Kier molecular flexibility index (Phi) is 4.52. The Bertz CT molecular complexity index is 461. The molecule has 2 saturated heterocycles. The van der Waals surface area contributed by atoms with Gasteiger partial charge in [0.25, 0.3) is 0 Å². The molecule has 1 unspecified atom stereocenters. The maximum atomic E-state index is 9.55. The van der Waals surface area contributed by atoms with Gasteiger partial charge in [0, 0.05) is 23.7 Å². The molecule has 2 fully saturated rings. The zero-order valence-corrected chi connectivity index (χ0v) is 12.9. The van der Waals surface area contributed by atoms with E-state index in [9.17, 15) is 5.11 Å². The van der Waals surface area contributed by atoms with Crippen molar-refractivity contribution in [1.29, 1.82) is 0 Å². The fraction of sp³-hybridized carbons (Fsp3) is 0.625. The maximum Gasteiger partial charge on any atom is 0.0652 e. The van der Waals surface area contributed by atoms with Gasteiger partial charge in [-0.05, 0) is 30.5 Å². The number of benzene rings is 1. The van der Waals surface area contributed by atoms with Gasteiger partial charge in [-0.15, -0.1) is 0 Å². The van der Waals surface area contributed by atoms with Crippen LogP contribution >= 0.6 is 11.6 Å². The van der Waals surface area contributed by atoms with Gasteiger partial charge in [-0.3, -0.25) is 0 Å². The first-order valence-electron chi connectivity index (χ1n) is 7.41. The van der Waals surface area contributed by atoms with Gasteiger partial charge in [0.2, 0.25) is 0 Å². The molecule has 0 bridgehead atoms. The van der Waals surface area contributed by atoms with E-state index in [4.69, 9.17) is 21.1 Å². The lowest BCUT2D eigenvalue weighted by molar-refractivity contribution is -0.136. The summed E-state index contributed by atoms with van der Waals surface area (Å²) in [6.07, 6.45) is 1.89. The summed E-state index contributed by atoms with van der Waals surface area (Å²) in [5.41, 5.74) is 1.08. The molecular weight excluding hydrogens is 290 g/mol. The lowest BCUT2D eigenvalue weighted by atomic mass is 9.84. The summed E-state index contributed by atoms with van der Waals surface area (Å²) in [6.45, 7) is 3.68. The van der Waals surface area contributed by atoms with Crippen LogP contribution in [0.25, 0.3) is 0 Å². The average Bonchev–Trinajstić information content (AvgIpc) is 2.90. The van der Waals surface area contributed by atoms with Crippen LogP contribution in [-0.4, -0.2) is 50.2 Å². The quantitative estimate of drug-likeness (QED) is 0.838. The van der Waals surface area contributed by atoms with Crippen molar-refractivity contribution in [2.75, 3.05) is 39.6 Å². The molecule has 0 amide bonds. The van der Waals surface area contributed by atoms with Crippen molar-refractivity contribution in [3.8, 4) is 0 Å². The maximum absolute atomic E-state index is 9.55. The molecule has 21 heavy (non-hydrogen) atoms. The molecule has 1 aromatic carbocycles. The van der Waals surface area contributed by atoms with E-state index in [1.165, 1.54) is 5.56 Å². The van der Waals surface area contributed by atoms with Crippen LogP contribution in [0, 0.1) is 5.41 Å². The summed E-state index contributed by atoms with van der Waals surface area (Å²) in [4.78, 5) is 0. The van der Waals surface area contributed by atoms with Crippen LogP contribution in [0.15, 0.2) is 24.3 Å². The Balaban J connectivity index is 1.66. The van der Waals surface area contributed by atoms with Crippen molar-refractivity contribution < 1.29 is 14.6 Å². The summed E-state index contributed by atoms with van der Waals surface area (Å²) >= 11 is 5.95. The number of nitrogens with one attached hydrogen (secondary N) is 1. The minimum Gasteiger partial charge on any atom is -0.396 e. The Morgan fingerprint density at radius 1 is 1.14 bits per heavy atom. The van der Waals surface area contributed by atoms with Crippen LogP contribution in [0.4, 0.5) is 0 Å². The molecule has 2 heterocycles. The van der Waals surface area contributed by atoms with Gasteiger partial charge in [0.15, 0.2) is 0 Å². The minimum atomic E-state index is -0.115. The van der Waals surface area contributed by atoms with Crippen LogP contribution < -0.4 is 5.32 Å². The first kappa shape index (κ1) is 15.3. The van der Waals surface area contributed by atoms with Gasteiger partial charge in [0.1, 0.15) is 0 Å². The third-order valence-electron chi connectivity index (χ3n) is 4.55. The van der Waals surface area contributed by atoms with E-state index < -0.39 is 0 Å². The predicted molar refractivity (Wildman–Crippen MR) is 81.7 cm³/mol. The second-order valence-electron chi connectivity index (χ2n) is 6.39. The van der Waals surface area contributed by atoms with Crippen molar-refractivity contribution in [3.63, 3.8) is 0 Å². The molecule has 5 heteroatoms. The van der Waals surface area contributed by atoms with Gasteiger partial charge in [-0.25, -0.2) is 0 Å². The van der Waals surface area contributed by atoms with E-state index in [-0.39, 0.29) is 17.6 Å². The highest BCUT2D eigenvalue weighted by Gasteiger charge is 2.42. The van der Waals surface area contributed by atoms with E-state index in [2.05, 4.69) is 17.4 Å². The molecule has 3 rings (SSSR count). The molecule has 2 N–H and O–H groups in total. The number of aliphatic hydroxyl groups excluding tert-OH is 1. The largest absolute Gasteiger partial charge is 0.396 e. The Hall–Kier alpha value is -0.650. The minimum absolute atomic E-state index is 0.0500. The second kappa shape index (κ2) is 6.23. The summed E-state index contributed by atoms with van der Waals surface area (Å²) in [7, 11) is 0. The second-order valence-corrected chi connectivity index (χ2v) is 6.83. The molecule has 1 aromatic rings. The highest BCUT2D eigenvalue weighted by Crippen LogP contribution is 2.30. The zero-order valence-electron chi connectivity index (χ0n) is 12.1. The normalized spacial score (nSPS) is 27.5. The van der Waals surface area contributed by atoms with E-state index in [0.29, 0.717) is 19.8 Å². The smallest absolute Gasteiger partial charge is 0.0652 e. The topological polar surface area (TPSA) is 50.7 Å². The Morgan fingerprint density at radius 3 is 2.43 bits per heavy atom. The number of halogens is 1. The molecule has 0 aliphatic carbocycles. The molecule has 2 aliphatic rings.